The second kappa shape index (κ2) is 7.42. The number of hydrogen-bond acceptors (Lipinski definition) is 9. The van der Waals surface area contributed by atoms with E-state index < -0.39 is 49.9 Å². The average Bonchev–Trinajstić information content (AvgIpc) is 3.24. The second-order valence-electron chi connectivity index (χ2n) is 7.38. The van der Waals surface area contributed by atoms with Gasteiger partial charge in [0, 0.05) is 31.2 Å². The lowest BCUT2D eigenvalue weighted by Crippen LogP contribution is -2.30. The number of sulfonamides is 1. The van der Waals surface area contributed by atoms with E-state index in [1.54, 1.807) is 4.72 Å². The maximum absolute atomic E-state index is 15.2. The molecule has 0 spiro atoms. The van der Waals surface area contributed by atoms with Crippen LogP contribution in [0.2, 0.25) is 0 Å². The normalized spacial score (nSPS) is 21.5. The van der Waals surface area contributed by atoms with Gasteiger partial charge in [0.15, 0.2) is 5.82 Å². The first-order valence-corrected chi connectivity index (χ1v) is 12.4. The monoisotopic (exact) mass is 474 g/mol. The van der Waals surface area contributed by atoms with Gasteiger partial charge in [-0.3, -0.25) is 4.79 Å². The van der Waals surface area contributed by atoms with Gasteiger partial charge in [-0.05, 0) is 18.4 Å². The standard InChI is InChI=1S/C16H19FN6O6S2/c1-30(26,27)22-3-2-9(7-22)5-18-16-19-6-10-4-11(24)15(13(17)14(10)20-16)23-8-12(25)21-31(23,28)29/h4,6,9,24H,2-3,5,7-8H2,1H3,(H,21,25)(H,18,19,20). The summed E-state index contributed by atoms with van der Waals surface area (Å²) in [6.45, 7) is 0.438. The summed E-state index contributed by atoms with van der Waals surface area (Å²) in [6.07, 6.45) is 3.05. The Morgan fingerprint density at radius 2 is 2.16 bits per heavy atom. The molecular formula is C16H19FN6O6S2. The van der Waals surface area contributed by atoms with Gasteiger partial charge >= 0.3 is 10.2 Å². The molecule has 1 atom stereocenters. The van der Waals surface area contributed by atoms with Crippen LogP contribution >= 0.6 is 0 Å². The number of carbonyl (C=O) groups is 1. The van der Waals surface area contributed by atoms with Crippen molar-refractivity contribution >= 4 is 48.7 Å². The number of aromatic hydroxyl groups is 1. The first-order chi connectivity index (χ1) is 14.5. The van der Waals surface area contributed by atoms with Crippen LogP contribution in [0, 0.1) is 11.7 Å². The van der Waals surface area contributed by atoms with Gasteiger partial charge in [-0.1, -0.05) is 0 Å². The fourth-order valence-corrected chi connectivity index (χ4v) is 5.66. The predicted octanol–water partition coefficient (Wildman–Crippen LogP) is -0.651. The minimum Gasteiger partial charge on any atom is -0.506 e. The Labute approximate surface area is 177 Å². The number of rotatable bonds is 5. The largest absolute Gasteiger partial charge is 0.506 e. The number of carbonyl (C=O) groups excluding carboxylic acids is 1. The van der Waals surface area contributed by atoms with Crippen LogP contribution in [0.25, 0.3) is 10.9 Å². The third kappa shape index (κ3) is 4.07. The van der Waals surface area contributed by atoms with Crippen LogP contribution in [0.1, 0.15) is 6.42 Å². The Morgan fingerprint density at radius 3 is 2.77 bits per heavy atom. The molecule has 0 aliphatic carbocycles. The lowest BCUT2D eigenvalue weighted by molar-refractivity contribution is -0.117. The highest BCUT2D eigenvalue weighted by molar-refractivity contribution is 7.92. The van der Waals surface area contributed by atoms with Gasteiger partial charge in [-0.15, -0.1) is 0 Å². The Kier molecular flexibility index (Phi) is 5.13. The van der Waals surface area contributed by atoms with Gasteiger partial charge in [-0.25, -0.2) is 36.1 Å². The summed E-state index contributed by atoms with van der Waals surface area (Å²) in [5.41, 5.74) is -0.931. The number of phenols is 1. The summed E-state index contributed by atoms with van der Waals surface area (Å²) in [4.78, 5) is 19.6. The zero-order chi connectivity index (χ0) is 22.6. The highest BCUT2D eigenvalue weighted by atomic mass is 32.2. The van der Waals surface area contributed by atoms with Crippen LogP contribution in [0.15, 0.2) is 12.3 Å². The lowest BCUT2D eigenvalue weighted by atomic mass is 10.1. The zero-order valence-electron chi connectivity index (χ0n) is 16.2. The van der Waals surface area contributed by atoms with Gasteiger partial charge in [0.05, 0.1) is 6.26 Å². The SMILES string of the molecule is CS(=O)(=O)N1CCC(CNc2ncc3cc(O)c(N4CC(=O)NS4(=O)=O)c(F)c3n2)C1. The molecule has 1 aromatic carbocycles. The van der Waals surface area contributed by atoms with Crippen molar-refractivity contribution in [3.63, 3.8) is 0 Å². The molecule has 2 saturated heterocycles. The van der Waals surface area contributed by atoms with Crippen LogP contribution in [0.4, 0.5) is 16.0 Å². The topological polar surface area (TPSA) is 162 Å². The van der Waals surface area contributed by atoms with E-state index >= 15 is 4.39 Å². The molecule has 168 valence electrons. The molecular weight excluding hydrogens is 455 g/mol. The molecule has 2 aromatic rings. The molecule has 1 amide bonds. The molecule has 31 heavy (non-hydrogen) atoms. The minimum absolute atomic E-state index is 0.0149. The van der Waals surface area contributed by atoms with Crippen LogP contribution in [-0.2, 0) is 25.0 Å². The lowest BCUT2D eigenvalue weighted by Gasteiger charge is -2.18. The number of nitrogens with zero attached hydrogens (tertiary/aromatic N) is 4. The van der Waals surface area contributed by atoms with Crippen LogP contribution in [0.5, 0.6) is 5.75 Å². The van der Waals surface area contributed by atoms with E-state index in [0.717, 1.165) is 12.3 Å². The van der Waals surface area contributed by atoms with Crippen LogP contribution < -0.4 is 14.3 Å². The molecule has 1 unspecified atom stereocenters. The summed E-state index contributed by atoms with van der Waals surface area (Å²) in [5, 5.41) is 13.2. The minimum atomic E-state index is -4.33. The van der Waals surface area contributed by atoms with E-state index in [0.29, 0.717) is 30.4 Å². The number of halogens is 1. The van der Waals surface area contributed by atoms with Crippen molar-refractivity contribution in [2.75, 3.05) is 42.1 Å². The fourth-order valence-electron chi connectivity index (χ4n) is 3.58. The van der Waals surface area contributed by atoms with Crippen molar-refractivity contribution in [2.45, 2.75) is 6.42 Å². The highest BCUT2D eigenvalue weighted by Gasteiger charge is 2.38. The van der Waals surface area contributed by atoms with E-state index in [-0.39, 0.29) is 22.8 Å². The third-order valence-electron chi connectivity index (χ3n) is 5.10. The molecule has 3 N–H and O–H groups in total. The van der Waals surface area contributed by atoms with E-state index in [9.17, 15) is 26.7 Å². The first-order valence-electron chi connectivity index (χ1n) is 9.16. The quantitative estimate of drug-likeness (QED) is 0.511. The van der Waals surface area contributed by atoms with Gasteiger partial charge in [0.25, 0.3) is 5.91 Å². The van der Waals surface area contributed by atoms with Gasteiger partial charge in [0.2, 0.25) is 16.0 Å². The summed E-state index contributed by atoms with van der Waals surface area (Å²) in [6, 6.07) is 1.11. The predicted molar refractivity (Wildman–Crippen MR) is 109 cm³/mol. The maximum atomic E-state index is 15.2. The average molecular weight is 474 g/mol. The number of amides is 1. The molecule has 2 fully saturated rings. The summed E-state index contributed by atoms with van der Waals surface area (Å²) in [5.74, 6) is -2.59. The Balaban J connectivity index is 1.60. The summed E-state index contributed by atoms with van der Waals surface area (Å²) < 4.78 is 66.0. The fraction of sp³-hybridized carbons (Fsp3) is 0.438. The van der Waals surface area contributed by atoms with Crippen LogP contribution in [-0.4, -0.2) is 74.6 Å². The summed E-state index contributed by atoms with van der Waals surface area (Å²) >= 11 is 0. The summed E-state index contributed by atoms with van der Waals surface area (Å²) in [7, 11) is -7.60. The van der Waals surface area contributed by atoms with Crippen molar-refractivity contribution < 1.29 is 31.1 Å². The Hall–Kier alpha value is -2.78. The van der Waals surface area contributed by atoms with E-state index in [1.807, 2.05) is 0 Å². The van der Waals surface area contributed by atoms with E-state index in [1.165, 1.54) is 10.5 Å². The maximum Gasteiger partial charge on any atom is 0.326 e. The molecule has 1 aromatic heterocycles. The second-order valence-corrected chi connectivity index (χ2v) is 11.0. The molecule has 15 heteroatoms. The molecule has 0 bridgehead atoms. The molecule has 0 saturated carbocycles. The smallest absolute Gasteiger partial charge is 0.326 e. The number of benzene rings is 1. The molecule has 12 nitrogen and oxygen atoms in total. The van der Waals surface area contributed by atoms with Gasteiger partial charge < -0.3 is 10.4 Å². The highest BCUT2D eigenvalue weighted by Crippen LogP contribution is 2.37. The van der Waals surface area contributed by atoms with Crippen molar-refractivity contribution in [3.05, 3.63) is 18.1 Å². The molecule has 4 rings (SSSR count). The van der Waals surface area contributed by atoms with E-state index in [2.05, 4.69) is 15.3 Å². The van der Waals surface area contributed by atoms with E-state index in [4.69, 9.17) is 0 Å². The number of aromatic nitrogens is 2. The molecule has 3 heterocycles. The number of hydrogen-bond donors (Lipinski definition) is 3. The molecule has 2 aliphatic heterocycles. The third-order valence-corrected chi connectivity index (χ3v) is 7.75. The number of phenolic OH excluding ortho intramolecular Hbond substituents is 1. The first kappa shape index (κ1) is 21.5. The Morgan fingerprint density at radius 1 is 1.42 bits per heavy atom. The van der Waals surface area contributed by atoms with Crippen molar-refractivity contribution in [1.29, 1.82) is 0 Å². The van der Waals surface area contributed by atoms with Crippen molar-refractivity contribution in [3.8, 4) is 5.75 Å². The Bertz CT molecular complexity index is 1290. The van der Waals surface area contributed by atoms with Gasteiger partial charge in [-0.2, -0.15) is 8.42 Å². The zero-order valence-corrected chi connectivity index (χ0v) is 17.9. The van der Waals surface area contributed by atoms with Crippen molar-refractivity contribution in [1.82, 2.24) is 19.0 Å². The molecule has 2 aliphatic rings. The number of anilines is 2. The van der Waals surface area contributed by atoms with Gasteiger partial charge in [0.1, 0.15) is 23.5 Å². The number of nitrogens with one attached hydrogen (secondary N) is 2. The molecule has 0 radical (unpaired) electrons. The van der Waals surface area contributed by atoms with Crippen molar-refractivity contribution in [2.24, 2.45) is 5.92 Å². The van der Waals surface area contributed by atoms with Crippen LogP contribution in [0.3, 0.4) is 0 Å². The number of fused-ring (bicyclic) bond motifs is 1.